The molecule has 1 aromatic heterocycles. The SMILES string of the molecule is O=[N+]([O-])c1ccc2c(c1N1CCc3[nH]c4ccc(F)cc4c3C1)CCN2. The molecule has 0 bridgehead atoms. The maximum Gasteiger partial charge on any atom is 0.292 e. The summed E-state index contributed by atoms with van der Waals surface area (Å²) in [4.78, 5) is 16.8. The second-order valence-electron chi connectivity index (χ2n) is 6.84. The molecule has 6 nitrogen and oxygen atoms in total. The van der Waals surface area contributed by atoms with Crippen molar-refractivity contribution in [3.8, 4) is 0 Å². The minimum Gasteiger partial charge on any atom is -0.384 e. The van der Waals surface area contributed by atoms with Gasteiger partial charge in [-0.3, -0.25) is 10.1 Å². The standard InChI is InChI=1S/C19H17FN4O2/c20-11-1-2-16-13(9-11)14-10-23(8-6-17(14)22-16)19-12-5-7-21-15(12)3-4-18(19)24(25)26/h1-4,9,21-22H,5-8,10H2. The quantitative estimate of drug-likeness (QED) is 0.544. The van der Waals surface area contributed by atoms with Gasteiger partial charge in [-0.05, 0) is 30.7 Å². The Morgan fingerprint density at radius 3 is 2.88 bits per heavy atom. The molecule has 3 heterocycles. The number of nitro groups is 1. The van der Waals surface area contributed by atoms with Gasteiger partial charge < -0.3 is 15.2 Å². The van der Waals surface area contributed by atoms with E-state index in [1.165, 1.54) is 6.07 Å². The molecule has 0 fully saturated rings. The number of hydrogen-bond acceptors (Lipinski definition) is 4. The largest absolute Gasteiger partial charge is 0.384 e. The predicted octanol–water partition coefficient (Wildman–Crippen LogP) is 3.75. The summed E-state index contributed by atoms with van der Waals surface area (Å²) in [7, 11) is 0. The maximum atomic E-state index is 13.7. The van der Waals surface area contributed by atoms with Gasteiger partial charge in [-0.15, -0.1) is 0 Å². The Labute approximate surface area is 148 Å². The molecule has 0 saturated carbocycles. The van der Waals surface area contributed by atoms with Crippen molar-refractivity contribution in [2.24, 2.45) is 0 Å². The number of nitrogens with one attached hydrogen (secondary N) is 2. The van der Waals surface area contributed by atoms with Crippen molar-refractivity contribution >= 4 is 28.0 Å². The van der Waals surface area contributed by atoms with Crippen molar-refractivity contribution in [2.75, 3.05) is 23.3 Å². The topological polar surface area (TPSA) is 74.2 Å². The molecule has 5 rings (SSSR count). The fourth-order valence-corrected chi connectivity index (χ4v) is 4.24. The maximum absolute atomic E-state index is 13.7. The van der Waals surface area contributed by atoms with E-state index in [9.17, 15) is 14.5 Å². The van der Waals surface area contributed by atoms with E-state index in [1.54, 1.807) is 24.3 Å². The van der Waals surface area contributed by atoms with Crippen LogP contribution in [0.1, 0.15) is 16.8 Å². The van der Waals surface area contributed by atoms with Gasteiger partial charge in [0.25, 0.3) is 5.69 Å². The summed E-state index contributed by atoms with van der Waals surface area (Å²) >= 11 is 0. The molecule has 0 spiro atoms. The van der Waals surface area contributed by atoms with E-state index in [0.29, 0.717) is 18.8 Å². The minimum absolute atomic E-state index is 0.141. The van der Waals surface area contributed by atoms with Gasteiger partial charge in [0, 0.05) is 65.5 Å². The zero-order chi connectivity index (χ0) is 17.8. The average Bonchev–Trinajstić information content (AvgIpc) is 3.24. The fourth-order valence-electron chi connectivity index (χ4n) is 4.24. The first-order valence-corrected chi connectivity index (χ1v) is 8.70. The molecule has 2 N–H and O–H groups in total. The Balaban J connectivity index is 1.64. The van der Waals surface area contributed by atoms with E-state index in [-0.39, 0.29) is 16.4 Å². The smallest absolute Gasteiger partial charge is 0.292 e. The van der Waals surface area contributed by atoms with Gasteiger partial charge in [0.1, 0.15) is 11.5 Å². The molecule has 2 aliphatic heterocycles. The number of nitro benzene ring substituents is 1. The van der Waals surface area contributed by atoms with Crippen LogP contribution < -0.4 is 10.2 Å². The number of H-pyrrole nitrogens is 1. The first-order valence-electron chi connectivity index (χ1n) is 8.70. The highest BCUT2D eigenvalue weighted by atomic mass is 19.1. The molecule has 0 radical (unpaired) electrons. The Hall–Kier alpha value is -3.09. The highest BCUT2D eigenvalue weighted by molar-refractivity contribution is 5.86. The van der Waals surface area contributed by atoms with Gasteiger partial charge in [-0.1, -0.05) is 0 Å². The molecule has 0 saturated heterocycles. The van der Waals surface area contributed by atoms with Crippen LogP contribution in [0.4, 0.5) is 21.5 Å². The third-order valence-electron chi connectivity index (χ3n) is 5.40. The van der Waals surface area contributed by atoms with Gasteiger partial charge in [-0.25, -0.2) is 4.39 Å². The third-order valence-corrected chi connectivity index (χ3v) is 5.40. The van der Waals surface area contributed by atoms with Crippen molar-refractivity contribution < 1.29 is 9.31 Å². The van der Waals surface area contributed by atoms with Gasteiger partial charge in [-0.2, -0.15) is 0 Å². The predicted molar refractivity (Wildman–Crippen MR) is 98.3 cm³/mol. The first kappa shape index (κ1) is 15.2. The fraction of sp³-hybridized carbons (Fsp3) is 0.263. The average molecular weight is 352 g/mol. The third kappa shape index (κ3) is 2.16. The number of benzene rings is 2. The Morgan fingerprint density at radius 1 is 1.15 bits per heavy atom. The summed E-state index contributed by atoms with van der Waals surface area (Å²) in [5, 5.41) is 15.8. The molecule has 0 atom stereocenters. The number of aromatic nitrogens is 1. The van der Waals surface area contributed by atoms with Crippen LogP contribution >= 0.6 is 0 Å². The van der Waals surface area contributed by atoms with Crippen LogP contribution in [0, 0.1) is 15.9 Å². The summed E-state index contributed by atoms with van der Waals surface area (Å²) in [6, 6.07) is 8.11. The first-order chi connectivity index (χ1) is 12.6. The summed E-state index contributed by atoms with van der Waals surface area (Å²) in [5.41, 5.74) is 5.86. The molecule has 3 aromatic rings. The lowest BCUT2D eigenvalue weighted by Crippen LogP contribution is -2.31. The molecule has 26 heavy (non-hydrogen) atoms. The number of aromatic amines is 1. The number of anilines is 2. The van der Waals surface area contributed by atoms with Crippen LogP contribution in [-0.4, -0.2) is 23.0 Å². The second-order valence-corrected chi connectivity index (χ2v) is 6.84. The molecule has 0 unspecified atom stereocenters. The zero-order valence-corrected chi connectivity index (χ0v) is 14.0. The second kappa shape index (κ2) is 5.45. The minimum atomic E-state index is -0.307. The van der Waals surface area contributed by atoms with E-state index < -0.39 is 0 Å². The number of fused-ring (bicyclic) bond motifs is 4. The lowest BCUT2D eigenvalue weighted by molar-refractivity contribution is -0.384. The van der Waals surface area contributed by atoms with Crippen molar-refractivity contribution in [3.63, 3.8) is 0 Å². The summed E-state index contributed by atoms with van der Waals surface area (Å²) < 4.78 is 13.7. The van der Waals surface area contributed by atoms with Gasteiger partial charge in [0.15, 0.2) is 0 Å². The van der Waals surface area contributed by atoms with Crippen LogP contribution in [-0.2, 0) is 19.4 Å². The molecule has 0 amide bonds. The Kier molecular flexibility index (Phi) is 3.19. The van der Waals surface area contributed by atoms with E-state index in [0.717, 1.165) is 52.8 Å². The molecule has 132 valence electrons. The monoisotopic (exact) mass is 352 g/mol. The van der Waals surface area contributed by atoms with E-state index in [4.69, 9.17) is 0 Å². The van der Waals surface area contributed by atoms with Gasteiger partial charge in [0.2, 0.25) is 0 Å². The van der Waals surface area contributed by atoms with Crippen molar-refractivity contribution in [2.45, 2.75) is 19.4 Å². The van der Waals surface area contributed by atoms with Gasteiger partial charge in [0.05, 0.1) is 4.92 Å². The number of rotatable bonds is 2. The van der Waals surface area contributed by atoms with Crippen molar-refractivity contribution in [1.29, 1.82) is 0 Å². The molecule has 2 aromatic carbocycles. The van der Waals surface area contributed by atoms with Crippen molar-refractivity contribution in [3.05, 3.63) is 63.1 Å². The number of hydrogen-bond donors (Lipinski definition) is 2. The summed E-state index contributed by atoms with van der Waals surface area (Å²) in [6.07, 6.45) is 1.53. The van der Waals surface area contributed by atoms with E-state index in [1.807, 2.05) is 0 Å². The Morgan fingerprint density at radius 2 is 2.04 bits per heavy atom. The molecule has 0 aliphatic carbocycles. The number of nitrogens with zero attached hydrogens (tertiary/aromatic N) is 2. The lowest BCUT2D eigenvalue weighted by Gasteiger charge is -2.30. The molecule has 2 aliphatic rings. The zero-order valence-electron chi connectivity index (χ0n) is 14.0. The number of halogens is 1. The summed E-state index contributed by atoms with van der Waals surface area (Å²) in [6.45, 7) is 2.02. The molecule has 7 heteroatoms. The Bertz CT molecular complexity index is 1060. The van der Waals surface area contributed by atoms with E-state index in [2.05, 4.69) is 15.2 Å². The van der Waals surface area contributed by atoms with Crippen LogP contribution in [0.25, 0.3) is 10.9 Å². The highest BCUT2D eigenvalue weighted by Crippen LogP contribution is 2.42. The van der Waals surface area contributed by atoms with Crippen molar-refractivity contribution in [1.82, 2.24) is 4.98 Å². The van der Waals surface area contributed by atoms with E-state index >= 15 is 0 Å². The van der Waals surface area contributed by atoms with Gasteiger partial charge >= 0.3 is 0 Å². The van der Waals surface area contributed by atoms with Crippen LogP contribution in [0.5, 0.6) is 0 Å². The molecular weight excluding hydrogens is 335 g/mol. The highest BCUT2D eigenvalue weighted by Gasteiger charge is 2.30. The van der Waals surface area contributed by atoms with Crippen LogP contribution in [0.3, 0.4) is 0 Å². The molecular formula is C19H17FN4O2. The summed E-state index contributed by atoms with van der Waals surface area (Å²) in [5.74, 6) is -0.271. The van der Waals surface area contributed by atoms with Crippen LogP contribution in [0.2, 0.25) is 0 Å². The lowest BCUT2D eigenvalue weighted by atomic mass is 10.0. The normalized spacial score (nSPS) is 15.7. The van der Waals surface area contributed by atoms with Crippen LogP contribution in [0.15, 0.2) is 30.3 Å².